The number of likely N-dealkylation sites (tertiary alicyclic amines) is 1. The van der Waals surface area contributed by atoms with Gasteiger partial charge in [0.1, 0.15) is 0 Å². The van der Waals surface area contributed by atoms with Gasteiger partial charge in [-0.3, -0.25) is 9.59 Å². The standard InChI is InChI=1S/C20H22ClN3O3/c1-12(2)24-10-14(9-18(24)25)20(26)23-8-7-17-16(11-23)19(27-22-17)13-3-5-15(21)6-4-13/h3-6,12,14H,7-11H2,1-2H3. The van der Waals surface area contributed by atoms with E-state index in [1.807, 2.05) is 43.0 Å². The van der Waals surface area contributed by atoms with Gasteiger partial charge in [0.15, 0.2) is 5.76 Å². The molecule has 2 aliphatic heterocycles. The molecular weight excluding hydrogens is 366 g/mol. The minimum Gasteiger partial charge on any atom is -0.356 e. The number of rotatable bonds is 3. The van der Waals surface area contributed by atoms with Crippen molar-refractivity contribution >= 4 is 23.4 Å². The Morgan fingerprint density at radius 2 is 2.04 bits per heavy atom. The molecule has 1 aromatic carbocycles. The average molecular weight is 388 g/mol. The number of fused-ring (bicyclic) bond motifs is 1. The molecule has 27 heavy (non-hydrogen) atoms. The molecule has 0 saturated carbocycles. The summed E-state index contributed by atoms with van der Waals surface area (Å²) in [4.78, 5) is 28.8. The quantitative estimate of drug-likeness (QED) is 0.811. The van der Waals surface area contributed by atoms with Crippen LogP contribution in [0.3, 0.4) is 0 Å². The maximum Gasteiger partial charge on any atom is 0.228 e. The van der Waals surface area contributed by atoms with Crippen LogP contribution in [0.5, 0.6) is 0 Å². The first-order chi connectivity index (χ1) is 12.9. The van der Waals surface area contributed by atoms with Crippen LogP contribution in [0.2, 0.25) is 5.02 Å². The van der Waals surface area contributed by atoms with E-state index in [0.29, 0.717) is 43.3 Å². The number of halogens is 1. The predicted molar refractivity (Wildman–Crippen MR) is 101 cm³/mol. The lowest BCUT2D eigenvalue weighted by Gasteiger charge is -2.29. The Labute approximate surface area is 163 Å². The lowest BCUT2D eigenvalue weighted by molar-refractivity contribution is -0.136. The number of nitrogens with zero attached hydrogens (tertiary/aromatic N) is 3. The van der Waals surface area contributed by atoms with Crippen molar-refractivity contribution in [3.63, 3.8) is 0 Å². The summed E-state index contributed by atoms with van der Waals surface area (Å²) in [5.41, 5.74) is 2.74. The van der Waals surface area contributed by atoms with Crippen molar-refractivity contribution in [2.24, 2.45) is 5.92 Å². The number of benzene rings is 1. The zero-order valence-corrected chi connectivity index (χ0v) is 16.2. The van der Waals surface area contributed by atoms with Crippen molar-refractivity contribution in [3.05, 3.63) is 40.5 Å². The van der Waals surface area contributed by atoms with Crippen molar-refractivity contribution in [2.75, 3.05) is 13.1 Å². The molecule has 0 bridgehead atoms. The molecule has 0 radical (unpaired) electrons. The molecule has 0 aliphatic carbocycles. The molecule has 142 valence electrons. The Bertz CT molecular complexity index is 875. The first-order valence-corrected chi connectivity index (χ1v) is 9.63. The molecule has 1 aromatic heterocycles. The second-order valence-electron chi connectivity index (χ2n) is 7.49. The Morgan fingerprint density at radius 1 is 1.30 bits per heavy atom. The highest BCUT2D eigenvalue weighted by Crippen LogP contribution is 2.32. The monoisotopic (exact) mass is 387 g/mol. The zero-order chi connectivity index (χ0) is 19.1. The minimum atomic E-state index is -0.264. The lowest BCUT2D eigenvalue weighted by Crippen LogP contribution is -2.41. The maximum atomic E-state index is 13.0. The van der Waals surface area contributed by atoms with E-state index in [1.54, 1.807) is 4.90 Å². The van der Waals surface area contributed by atoms with Crippen LogP contribution in [0, 0.1) is 5.92 Å². The number of hydrogen-bond donors (Lipinski definition) is 0. The zero-order valence-electron chi connectivity index (χ0n) is 15.4. The summed E-state index contributed by atoms with van der Waals surface area (Å²) in [6, 6.07) is 7.52. The van der Waals surface area contributed by atoms with Gasteiger partial charge in [0.25, 0.3) is 0 Å². The molecule has 4 rings (SSSR count). The number of carbonyl (C=O) groups is 2. The SMILES string of the molecule is CC(C)N1CC(C(=O)N2CCc3noc(-c4ccc(Cl)cc4)c3C2)CC1=O. The Balaban J connectivity index is 1.53. The number of amides is 2. The maximum absolute atomic E-state index is 13.0. The molecule has 0 spiro atoms. The van der Waals surface area contributed by atoms with Crippen molar-refractivity contribution < 1.29 is 14.1 Å². The van der Waals surface area contributed by atoms with Crippen molar-refractivity contribution in [1.29, 1.82) is 0 Å². The van der Waals surface area contributed by atoms with Gasteiger partial charge in [-0.15, -0.1) is 0 Å². The van der Waals surface area contributed by atoms with E-state index in [2.05, 4.69) is 5.16 Å². The summed E-state index contributed by atoms with van der Waals surface area (Å²) < 4.78 is 5.57. The smallest absolute Gasteiger partial charge is 0.228 e. The predicted octanol–water partition coefficient (Wildman–Crippen LogP) is 3.14. The average Bonchev–Trinajstić information content (AvgIpc) is 3.25. The van der Waals surface area contributed by atoms with Crippen LogP contribution in [0.1, 0.15) is 31.5 Å². The van der Waals surface area contributed by atoms with Gasteiger partial charge in [0.2, 0.25) is 11.8 Å². The van der Waals surface area contributed by atoms with E-state index in [1.165, 1.54) is 0 Å². The van der Waals surface area contributed by atoms with Crippen LogP contribution in [-0.4, -0.2) is 45.9 Å². The fourth-order valence-corrected chi connectivity index (χ4v) is 4.01. The summed E-state index contributed by atoms with van der Waals surface area (Å²) >= 11 is 5.97. The van der Waals surface area contributed by atoms with E-state index >= 15 is 0 Å². The van der Waals surface area contributed by atoms with Crippen LogP contribution in [0.15, 0.2) is 28.8 Å². The lowest BCUT2D eigenvalue weighted by atomic mass is 9.99. The normalized spacial score (nSPS) is 19.7. The third-order valence-electron chi connectivity index (χ3n) is 5.39. The molecule has 2 aromatic rings. The van der Waals surface area contributed by atoms with Crippen LogP contribution in [0.25, 0.3) is 11.3 Å². The first-order valence-electron chi connectivity index (χ1n) is 9.25. The second-order valence-corrected chi connectivity index (χ2v) is 7.93. The number of aromatic nitrogens is 1. The van der Waals surface area contributed by atoms with Gasteiger partial charge in [0.05, 0.1) is 18.2 Å². The minimum absolute atomic E-state index is 0.0420. The van der Waals surface area contributed by atoms with Crippen LogP contribution < -0.4 is 0 Å². The fraction of sp³-hybridized carbons (Fsp3) is 0.450. The van der Waals surface area contributed by atoms with Crippen LogP contribution in [-0.2, 0) is 22.6 Å². The van der Waals surface area contributed by atoms with E-state index in [-0.39, 0.29) is 23.8 Å². The van der Waals surface area contributed by atoms with Crippen LogP contribution in [0.4, 0.5) is 0 Å². The van der Waals surface area contributed by atoms with Gasteiger partial charge in [0, 0.05) is 48.1 Å². The Kier molecular flexibility index (Phi) is 4.68. The van der Waals surface area contributed by atoms with Gasteiger partial charge in [-0.25, -0.2) is 0 Å². The van der Waals surface area contributed by atoms with Gasteiger partial charge < -0.3 is 14.3 Å². The molecule has 2 aliphatic rings. The number of hydrogen-bond acceptors (Lipinski definition) is 4. The van der Waals surface area contributed by atoms with Crippen molar-refractivity contribution in [1.82, 2.24) is 15.0 Å². The Hall–Kier alpha value is -2.34. The highest BCUT2D eigenvalue weighted by molar-refractivity contribution is 6.30. The Morgan fingerprint density at radius 3 is 2.70 bits per heavy atom. The number of carbonyl (C=O) groups excluding carboxylic acids is 2. The highest BCUT2D eigenvalue weighted by Gasteiger charge is 2.39. The second kappa shape index (κ2) is 7.00. The molecule has 1 fully saturated rings. The molecule has 6 nitrogen and oxygen atoms in total. The highest BCUT2D eigenvalue weighted by atomic mass is 35.5. The molecule has 1 atom stereocenters. The molecule has 3 heterocycles. The fourth-order valence-electron chi connectivity index (χ4n) is 3.88. The third-order valence-corrected chi connectivity index (χ3v) is 5.64. The third kappa shape index (κ3) is 3.34. The van der Waals surface area contributed by atoms with Crippen molar-refractivity contribution in [3.8, 4) is 11.3 Å². The van der Waals surface area contributed by atoms with Gasteiger partial charge in [-0.2, -0.15) is 0 Å². The molecule has 7 heteroatoms. The van der Waals surface area contributed by atoms with Gasteiger partial charge in [-0.1, -0.05) is 16.8 Å². The summed E-state index contributed by atoms with van der Waals surface area (Å²) in [5.74, 6) is 0.527. The van der Waals surface area contributed by atoms with E-state index in [4.69, 9.17) is 16.1 Å². The van der Waals surface area contributed by atoms with E-state index in [9.17, 15) is 9.59 Å². The molecular formula is C20H22ClN3O3. The summed E-state index contributed by atoms with van der Waals surface area (Å²) in [6.07, 6.45) is 0.959. The topological polar surface area (TPSA) is 66.7 Å². The van der Waals surface area contributed by atoms with Gasteiger partial charge >= 0.3 is 0 Å². The largest absolute Gasteiger partial charge is 0.356 e. The summed E-state index contributed by atoms with van der Waals surface area (Å²) in [6.45, 7) is 5.53. The van der Waals surface area contributed by atoms with E-state index in [0.717, 1.165) is 16.8 Å². The van der Waals surface area contributed by atoms with Gasteiger partial charge in [-0.05, 0) is 38.1 Å². The first kappa shape index (κ1) is 18.0. The molecule has 1 unspecified atom stereocenters. The van der Waals surface area contributed by atoms with E-state index < -0.39 is 0 Å². The summed E-state index contributed by atoms with van der Waals surface area (Å²) in [5, 5.41) is 4.84. The van der Waals surface area contributed by atoms with Crippen LogP contribution >= 0.6 is 11.6 Å². The molecule has 0 N–H and O–H groups in total. The summed E-state index contributed by atoms with van der Waals surface area (Å²) in [7, 11) is 0. The molecule has 2 amide bonds. The van der Waals surface area contributed by atoms with Crippen molar-refractivity contribution in [2.45, 2.75) is 39.3 Å². The molecule has 1 saturated heterocycles.